The second-order valence-electron chi connectivity index (χ2n) is 5.56. The predicted octanol–water partition coefficient (Wildman–Crippen LogP) is 3.15. The Labute approximate surface area is 111 Å². The third kappa shape index (κ3) is 4.30. The van der Waals surface area contributed by atoms with Gasteiger partial charge in [0.05, 0.1) is 13.3 Å². The summed E-state index contributed by atoms with van der Waals surface area (Å²) in [5, 5.41) is 3.54. The standard InChI is InChI=1S/C15H26N2O/c1-6-7-17-12(2)9-15(3,4)13-8-14(18-5)11-16-10-13/h8,10-12,17H,6-7,9H2,1-5H3. The molecule has 0 saturated heterocycles. The lowest BCUT2D eigenvalue weighted by Crippen LogP contribution is -2.33. The van der Waals surface area contributed by atoms with Crippen LogP contribution in [0.3, 0.4) is 0 Å². The van der Waals surface area contributed by atoms with E-state index in [4.69, 9.17) is 4.74 Å². The molecule has 0 amide bonds. The van der Waals surface area contributed by atoms with Crippen LogP contribution in [0, 0.1) is 0 Å². The van der Waals surface area contributed by atoms with Gasteiger partial charge in [-0.3, -0.25) is 4.98 Å². The number of methoxy groups -OCH3 is 1. The first-order valence-electron chi connectivity index (χ1n) is 6.72. The molecule has 3 heteroatoms. The summed E-state index contributed by atoms with van der Waals surface area (Å²) >= 11 is 0. The molecule has 1 atom stereocenters. The molecular formula is C15H26N2O. The minimum Gasteiger partial charge on any atom is -0.495 e. The number of rotatable bonds is 7. The van der Waals surface area contributed by atoms with Crippen molar-refractivity contribution in [2.45, 2.75) is 52.0 Å². The van der Waals surface area contributed by atoms with Crippen LogP contribution < -0.4 is 10.1 Å². The van der Waals surface area contributed by atoms with Gasteiger partial charge < -0.3 is 10.1 Å². The fraction of sp³-hybridized carbons (Fsp3) is 0.667. The molecule has 0 fully saturated rings. The lowest BCUT2D eigenvalue weighted by molar-refractivity contribution is 0.382. The number of ether oxygens (including phenoxy) is 1. The fourth-order valence-corrected chi connectivity index (χ4v) is 2.25. The van der Waals surface area contributed by atoms with Crippen LogP contribution in [0.2, 0.25) is 0 Å². The van der Waals surface area contributed by atoms with Gasteiger partial charge in [-0.2, -0.15) is 0 Å². The summed E-state index contributed by atoms with van der Waals surface area (Å²) in [6.45, 7) is 10.0. The van der Waals surface area contributed by atoms with Crippen LogP contribution in [0.15, 0.2) is 18.5 Å². The number of hydrogen-bond acceptors (Lipinski definition) is 3. The monoisotopic (exact) mass is 250 g/mol. The van der Waals surface area contributed by atoms with Crippen LogP contribution in [0.5, 0.6) is 5.75 Å². The molecule has 3 nitrogen and oxygen atoms in total. The molecule has 1 N–H and O–H groups in total. The topological polar surface area (TPSA) is 34.2 Å². The average molecular weight is 250 g/mol. The zero-order chi connectivity index (χ0) is 13.6. The Morgan fingerprint density at radius 2 is 2.11 bits per heavy atom. The summed E-state index contributed by atoms with van der Waals surface area (Å²) in [4.78, 5) is 4.25. The van der Waals surface area contributed by atoms with E-state index >= 15 is 0 Å². The highest BCUT2D eigenvalue weighted by atomic mass is 16.5. The predicted molar refractivity (Wildman–Crippen MR) is 76.2 cm³/mol. The summed E-state index contributed by atoms with van der Waals surface area (Å²) in [7, 11) is 1.68. The van der Waals surface area contributed by atoms with Crippen LogP contribution in [0.1, 0.15) is 46.1 Å². The SMILES string of the molecule is CCCNC(C)CC(C)(C)c1cncc(OC)c1. The number of aromatic nitrogens is 1. The van der Waals surface area contributed by atoms with E-state index < -0.39 is 0 Å². The van der Waals surface area contributed by atoms with Crippen molar-refractivity contribution in [3.63, 3.8) is 0 Å². The number of hydrogen-bond donors (Lipinski definition) is 1. The van der Waals surface area contributed by atoms with Crippen molar-refractivity contribution in [1.82, 2.24) is 10.3 Å². The van der Waals surface area contributed by atoms with E-state index in [0.717, 1.165) is 18.7 Å². The van der Waals surface area contributed by atoms with Crippen LogP contribution in [-0.2, 0) is 5.41 Å². The van der Waals surface area contributed by atoms with Crippen molar-refractivity contribution in [3.8, 4) is 5.75 Å². The summed E-state index contributed by atoms with van der Waals surface area (Å²) < 4.78 is 5.24. The van der Waals surface area contributed by atoms with Crippen molar-refractivity contribution < 1.29 is 4.74 Å². The molecule has 0 aromatic carbocycles. The van der Waals surface area contributed by atoms with E-state index in [-0.39, 0.29) is 5.41 Å². The Morgan fingerprint density at radius 3 is 2.72 bits per heavy atom. The summed E-state index contributed by atoms with van der Waals surface area (Å²) in [5.74, 6) is 0.828. The minimum atomic E-state index is 0.0989. The molecule has 18 heavy (non-hydrogen) atoms. The van der Waals surface area contributed by atoms with E-state index in [1.165, 1.54) is 12.0 Å². The van der Waals surface area contributed by atoms with Gasteiger partial charge in [0.1, 0.15) is 5.75 Å². The third-order valence-electron chi connectivity index (χ3n) is 3.29. The molecule has 1 aromatic heterocycles. The summed E-state index contributed by atoms with van der Waals surface area (Å²) in [6.07, 6.45) is 5.95. The molecule has 1 aromatic rings. The van der Waals surface area contributed by atoms with Crippen molar-refractivity contribution >= 4 is 0 Å². The van der Waals surface area contributed by atoms with E-state index in [9.17, 15) is 0 Å². The molecule has 1 unspecified atom stereocenters. The highest BCUT2D eigenvalue weighted by molar-refractivity contribution is 5.29. The molecule has 102 valence electrons. The Kier molecular flexibility index (Phi) is 5.60. The molecule has 0 radical (unpaired) electrons. The molecule has 0 bridgehead atoms. The Balaban J connectivity index is 2.71. The van der Waals surface area contributed by atoms with Crippen molar-refractivity contribution in [3.05, 3.63) is 24.0 Å². The van der Waals surface area contributed by atoms with E-state index in [1.807, 2.05) is 6.20 Å². The second kappa shape index (κ2) is 6.74. The highest BCUT2D eigenvalue weighted by Gasteiger charge is 2.24. The Morgan fingerprint density at radius 1 is 1.39 bits per heavy atom. The van der Waals surface area contributed by atoms with Gasteiger partial charge in [-0.25, -0.2) is 0 Å². The molecule has 0 saturated carbocycles. The number of nitrogens with zero attached hydrogens (tertiary/aromatic N) is 1. The van der Waals surface area contributed by atoms with Gasteiger partial charge in [0.15, 0.2) is 0 Å². The van der Waals surface area contributed by atoms with Gasteiger partial charge in [-0.05, 0) is 43.4 Å². The Hall–Kier alpha value is -1.09. The van der Waals surface area contributed by atoms with Crippen molar-refractivity contribution in [2.75, 3.05) is 13.7 Å². The lowest BCUT2D eigenvalue weighted by Gasteiger charge is -2.29. The first-order valence-corrected chi connectivity index (χ1v) is 6.72. The van der Waals surface area contributed by atoms with Crippen LogP contribution >= 0.6 is 0 Å². The van der Waals surface area contributed by atoms with Gasteiger partial charge in [0.25, 0.3) is 0 Å². The van der Waals surface area contributed by atoms with Crippen LogP contribution in [0.4, 0.5) is 0 Å². The van der Waals surface area contributed by atoms with Gasteiger partial charge >= 0.3 is 0 Å². The van der Waals surface area contributed by atoms with Gasteiger partial charge in [0, 0.05) is 12.2 Å². The fourth-order valence-electron chi connectivity index (χ4n) is 2.25. The van der Waals surface area contributed by atoms with E-state index in [0.29, 0.717) is 6.04 Å². The number of pyridine rings is 1. The largest absolute Gasteiger partial charge is 0.495 e. The first kappa shape index (κ1) is 15.0. The molecule has 0 aliphatic heterocycles. The van der Waals surface area contributed by atoms with Gasteiger partial charge in [-0.15, -0.1) is 0 Å². The molecular weight excluding hydrogens is 224 g/mol. The zero-order valence-corrected chi connectivity index (χ0v) is 12.3. The maximum atomic E-state index is 5.24. The quantitative estimate of drug-likeness (QED) is 0.807. The molecule has 0 spiro atoms. The van der Waals surface area contributed by atoms with Crippen molar-refractivity contribution in [2.24, 2.45) is 0 Å². The second-order valence-corrected chi connectivity index (χ2v) is 5.56. The van der Waals surface area contributed by atoms with Gasteiger partial charge in [-0.1, -0.05) is 20.8 Å². The minimum absolute atomic E-state index is 0.0989. The normalized spacial score (nSPS) is 13.4. The van der Waals surface area contributed by atoms with E-state index in [2.05, 4.69) is 44.1 Å². The highest BCUT2D eigenvalue weighted by Crippen LogP contribution is 2.29. The molecule has 1 rings (SSSR count). The smallest absolute Gasteiger partial charge is 0.137 e. The maximum absolute atomic E-state index is 5.24. The third-order valence-corrected chi connectivity index (χ3v) is 3.29. The molecule has 1 heterocycles. The van der Waals surface area contributed by atoms with Crippen LogP contribution in [0.25, 0.3) is 0 Å². The number of nitrogens with one attached hydrogen (secondary N) is 1. The maximum Gasteiger partial charge on any atom is 0.137 e. The lowest BCUT2D eigenvalue weighted by atomic mass is 9.80. The summed E-state index contributed by atoms with van der Waals surface area (Å²) in [5.41, 5.74) is 1.33. The zero-order valence-electron chi connectivity index (χ0n) is 12.3. The van der Waals surface area contributed by atoms with Crippen LogP contribution in [-0.4, -0.2) is 24.7 Å². The van der Waals surface area contributed by atoms with Gasteiger partial charge in [0.2, 0.25) is 0 Å². The average Bonchev–Trinajstić information content (AvgIpc) is 2.36. The molecule has 0 aliphatic rings. The Bertz CT molecular complexity index is 363. The molecule has 0 aliphatic carbocycles. The first-order chi connectivity index (χ1) is 8.49. The summed E-state index contributed by atoms with van der Waals surface area (Å²) in [6, 6.07) is 2.59. The van der Waals surface area contributed by atoms with E-state index in [1.54, 1.807) is 13.3 Å². The van der Waals surface area contributed by atoms with Crippen molar-refractivity contribution in [1.29, 1.82) is 0 Å².